The van der Waals surface area contributed by atoms with E-state index in [2.05, 4.69) is 4.90 Å². The fourth-order valence-electron chi connectivity index (χ4n) is 3.52. The number of hydrogen-bond acceptors (Lipinski definition) is 5. The van der Waals surface area contributed by atoms with Crippen molar-refractivity contribution in [3.8, 4) is 0 Å². The lowest BCUT2D eigenvalue weighted by atomic mass is 10.0. The summed E-state index contributed by atoms with van der Waals surface area (Å²) in [6.45, 7) is 2.64. The van der Waals surface area contributed by atoms with Gasteiger partial charge in [0, 0.05) is 36.7 Å². The largest absolute Gasteiger partial charge is 0.459 e. The maximum Gasteiger partial charge on any atom is 0.206 e. The molecular formula is C20H21NO4S. The number of aliphatic hydroxyl groups is 1. The Hall–Kier alpha value is -2.15. The van der Waals surface area contributed by atoms with Gasteiger partial charge < -0.3 is 9.52 Å². The fraction of sp³-hybridized carbons (Fsp3) is 0.300. The van der Waals surface area contributed by atoms with Crippen molar-refractivity contribution >= 4 is 20.8 Å². The molecule has 5 nitrogen and oxygen atoms in total. The Labute approximate surface area is 152 Å². The molecule has 0 radical (unpaired) electrons. The topological polar surface area (TPSA) is 70.8 Å². The van der Waals surface area contributed by atoms with Crippen molar-refractivity contribution in [1.82, 2.24) is 4.90 Å². The standard InChI is InChI=1S/C20H21NO4S/c22-12-4-10-21-11-9-18-17-8-7-16(13-19(17)25-20(18)14-21)26(23,24)15-5-2-1-3-6-15/h1-3,5-8,13,22H,4,9-12,14H2. The van der Waals surface area contributed by atoms with Crippen LogP contribution < -0.4 is 0 Å². The van der Waals surface area contributed by atoms with Crippen LogP contribution in [0.3, 0.4) is 0 Å². The van der Waals surface area contributed by atoms with Crippen molar-refractivity contribution in [2.45, 2.75) is 29.2 Å². The van der Waals surface area contributed by atoms with Gasteiger partial charge in [-0.25, -0.2) is 8.42 Å². The van der Waals surface area contributed by atoms with Gasteiger partial charge in [-0.2, -0.15) is 0 Å². The van der Waals surface area contributed by atoms with Crippen molar-refractivity contribution in [3.05, 3.63) is 59.9 Å². The van der Waals surface area contributed by atoms with Gasteiger partial charge in [0.15, 0.2) is 0 Å². The summed E-state index contributed by atoms with van der Waals surface area (Å²) in [5.74, 6) is 0.901. The summed E-state index contributed by atoms with van der Waals surface area (Å²) in [6, 6.07) is 13.6. The molecule has 0 atom stereocenters. The Bertz CT molecular complexity index is 1020. The molecule has 136 valence electrons. The third-order valence-corrected chi connectivity index (χ3v) is 6.66. The molecule has 0 unspecified atom stereocenters. The maximum atomic E-state index is 12.8. The summed E-state index contributed by atoms with van der Waals surface area (Å²) in [4.78, 5) is 2.79. The molecule has 0 amide bonds. The molecule has 2 aromatic carbocycles. The van der Waals surface area contributed by atoms with Crippen molar-refractivity contribution in [3.63, 3.8) is 0 Å². The molecule has 0 spiro atoms. The first-order chi connectivity index (χ1) is 12.6. The fourth-order valence-corrected chi connectivity index (χ4v) is 4.82. The molecule has 4 rings (SSSR count). The Balaban J connectivity index is 1.69. The first kappa shape index (κ1) is 17.3. The molecule has 2 heterocycles. The second kappa shape index (κ2) is 6.87. The lowest BCUT2D eigenvalue weighted by Crippen LogP contribution is -2.31. The summed E-state index contributed by atoms with van der Waals surface area (Å²) in [7, 11) is -3.55. The zero-order valence-electron chi connectivity index (χ0n) is 14.4. The average molecular weight is 371 g/mol. The summed E-state index contributed by atoms with van der Waals surface area (Å²) in [5, 5.41) is 9.99. The van der Waals surface area contributed by atoms with Crippen LogP contribution in [0.2, 0.25) is 0 Å². The molecule has 1 N–H and O–H groups in total. The summed E-state index contributed by atoms with van der Waals surface area (Å²) < 4.78 is 31.6. The van der Waals surface area contributed by atoms with Gasteiger partial charge in [-0.05, 0) is 37.1 Å². The minimum absolute atomic E-state index is 0.185. The van der Waals surface area contributed by atoms with Gasteiger partial charge in [-0.1, -0.05) is 18.2 Å². The van der Waals surface area contributed by atoms with Crippen LogP contribution in [-0.4, -0.2) is 38.1 Å². The van der Waals surface area contributed by atoms with Gasteiger partial charge in [0.25, 0.3) is 0 Å². The van der Waals surface area contributed by atoms with Crippen LogP contribution in [0, 0.1) is 0 Å². The predicted molar refractivity (Wildman–Crippen MR) is 98.8 cm³/mol. The van der Waals surface area contributed by atoms with E-state index in [4.69, 9.17) is 9.52 Å². The lowest BCUT2D eigenvalue weighted by molar-refractivity contribution is 0.200. The van der Waals surface area contributed by atoms with Crippen LogP contribution in [0.4, 0.5) is 0 Å². The van der Waals surface area contributed by atoms with E-state index in [9.17, 15) is 8.42 Å². The lowest BCUT2D eigenvalue weighted by Gasteiger charge is -2.25. The van der Waals surface area contributed by atoms with Crippen LogP contribution in [-0.2, 0) is 22.8 Å². The summed E-state index contributed by atoms with van der Waals surface area (Å²) >= 11 is 0. The maximum absolute atomic E-state index is 12.8. The van der Waals surface area contributed by atoms with Gasteiger partial charge in [0.1, 0.15) is 11.3 Å². The van der Waals surface area contributed by atoms with Gasteiger partial charge in [0.2, 0.25) is 9.84 Å². The number of benzene rings is 2. The van der Waals surface area contributed by atoms with Gasteiger partial charge in [0.05, 0.1) is 16.3 Å². The van der Waals surface area contributed by atoms with E-state index in [1.165, 1.54) is 5.56 Å². The number of fused-ring (bicyclic) bond motifs is 3. The van der Waals surface area contributed by atoms with Crippen molar-refractivity contribution in [1.29, 1.82) is 0 Å². The van der Waals surface area contributed by atoms with E-state index >= 15 is 0 Å². The van der Waals surface area contributed by atoms with Crippen LogP contribution in [0.15, 0.2) is 62.7 Å². The van der Waals surface area contributed by atoms with Crippen LogP contribution in [0.25, 0.3) is 11.0 Å². The zero-order chi connectivity index (χ0) is 18.1. The van der Waals surface area contributed by atoms with E-state index in [-0.39, 0.29) is 16.4 Å². The third kappa shape index (κ3) is 3.05. The number of nitrogens with zero attached hydrogens (tertiary/aromatic N) is 1. The number of aliphatic hydroxyl groups excluding tert-OH is 1. The highest BCUT2D eigenvalue weighted by Gasteiger charge is 2.24. The molecule has 0 aliphatic carbocycles. The molecule has 26 heavy (non-hydrogen) atoms. The molecule has 1 aromatic heterocycles. The van der Waals surface area contributed by atoms with Crippen LogP contribution >= 0.6 is 0 Å². The molecule has 3 aromatic rings. The SMILES string of the molecule is O=S(=O)(c1ccccc1)c1ccc2c3c(oc2c1)CN(CCCO)CC3. The zero-order valence-corrected chi connectivity index (χ0v) is 15.2. The Kier molecular flexibility index (Phi) is 4.56. The Morgan fingerprint density at radius 3 is 2.65 bits per heavy atom. The number of sulfone groups is 1. The molecule has 6 heteroatoms. The highest BCUT2D eigenvalue weighted by molar-refractivity contribution is 7.91. The van der Waals surface area contributed by atoms with Crippen LogP contribution in [0.5, 0.6) is 0 Å². The predicted octanol–water partition coefficient (Wildman–Crippen LogP) is 3.01. The highest BCUT2D eigenvalue weighted by Crippen LogP contribution is 2.33. The Morgan fingerprint density at radius 1 is 1.08 bits per heavy atom. The minimum Gasteiger partial charge on any atom is -0.459 e. The molecule has 0 fully saturated rings. The van der Waals surface area contributed by atoms with E-state index in [0.29, 0.717) is 12.1 Å². The third-order valence-electron chi connectivity index (χ3n) is 4.89. The summed E-state index contributed by atoms with van der Waals surface area (Å²) in [6.07, 6.45) is 1.62. The first-order valence-corrected chi connectivity index (χ1v) is 10.3. The molecular weight excluding hydrogens is 350 g/mol. The highest BCUT2D eigenvalue weighted by atomic mass is 32.2. The van der Waals surface area contributed by atoms with Crippen molar-refractivity contribution < 1.29 is 17.9 Å². The smallest absolute Gasteiger partial charge is 0.206 e. The van der Waals surface area contributed by atoms with Crippen molar-refractivity contribution in [2.24, 2.45) is 0 Å². The number of furan rings is 1. The first-order valence-electron chi connectivity index (χ1n) is 8.77. The average Bonchev–Trinajstić information content (AvgIpc) is 3.04. The van der Waals surface area contributed by atoms with E-state index in [1.807, 2.05) is 6.07 Å². The number of rotatable bonds is 5. The minimum atomic E-state index is -3.55. The second-order valence-corrected chi connectivity index (χ2v) is 8.53. The molecule has 1 aliphatic heterocycles. The van der Waals surface area contributed by atoms with Crippen LogP contribution in [0.1, 0.15) is 17.7 Å². The number of hydrogen-bond donors (Lipinski definition) is 1. The van der Waals surface area contributed by atoms with Gasteiger partial charge in [-0.3, -0.25) is 4.90 Å². The second-order valence-electron chi connectivity index (χ2n) is 6.58. The molecule has 0 bridgehead atoms. The van der Waals surface area contributed by atoms with Gasteiger partial charge >= 0.3 is 0 Å². The Morgan fingerprint density at radius 2 is 1.88 bits per heavy atom. The van der Waals surface area contributed by atoms with E-state index in [0.717, 1.165) is 37.1 Å². The molecule has 1 aliphatic rings. The summed E-state index contributed by atoms with van der Waals surface area (Å²) in [5.41, 5.74) is 1.79. The quantitative estimate of drug-likeness (QED) is 0.747. The van der Waals surface area contributed by atoms with E-state index < -0.39 is 9.84 Å². The van der Waals surface area contributed by atoms with Gasteiger partial charge in [-0.15, -0.1) is 0 Å². The normalized spacial score (nSPS) is 15.3. The molecule has 0 saturated heterocycles. The molecule has 0 saturated carbocycles. The monoisotopic (exact) mass is 371 g/mol. The van der Waals surface area contributed by atoms with E-state index in [1.54, 1.807) is 42.5 Å². The van der Waals surface area contributed by atoms with Crippen molar-refractivity contribution in [2.75, 3.05) is 19.7 Å².